The van der Waals surface area contributed by atoms with Gasteiger partial charge in [0.25, 0.3) is 0 Å². The summed E-state index contributed by atoms with van der Waals surface area (Å²) < 4.78 is 31.7. The van der Waals surface area contributed by atoms with Crippen LogP contribution < -0.4 is 4.72 Å². The molecule has 1 aromatic rings. The van der Waals surface area contributed by atoms with Gasteiger partial charge in [-0.05, 0) is 25.1 Å². The number of hydrogen-bond acceptors (Lipinski definition) is 4. The maximum atomic E-state index is 12.1. The molecule has 1 rings (SSSR count). The molecule has 1 N–H and O–H groups in total. The molecule has 0 fully saturated rings. The van der Waals surface area contributed by atoms with E-state index in [1.54, 1.807) is 0 Å². The summed E-state index contributed by atoms with van der Waals surface area (Å²) in [7, 11) is -3.79. The number of ether oxygens (including phenoxy) is 1. The largest absolute Gasteiger partial charge is 0.376 e. The molecule has 0 amide bonds. The Morgan fingerprint density at radius 3 is 2.85 bits per heavy atom. The van der Waals surface area contributed by atoms with E-state index in [4.69, 9.17) is 21.6 Å². The Bertz CT molecular complexity index is 636. The van der Waals surface area contributed by atoms with Crippen LogP contribution in [0.5, 0.6) is 0 Å². The Morgan fingerprint density at radius 1 is 1.55 bits per heavy atom. The van der Waals surface area contributed by atoms with Gasteiger partial charge in [0.15, 0.2) is 0 Å². The first-order valence-corrected chi connectivity index (χ1v) is 7.64. The molecule has 1 aromatic carbocycles. The molecule has 0 saturated carbocycles. The fourth-order valence-electron chi connectivity index (χ4n) is 1.38. The number of benzene rings is 1. The molecule has 0 aliphatic heterocycles. The molecule has 0 unspecified atom stereocenters. The smallest absolute Gasteiger partial charge is 0.242 e. The first kappa shape index (κ1) is 16.7. The Morgan fingerprint density at radius 2 is 2.25 bits per heavy atom. The van der Waals surface area contributed by atoms with Crippen LogP contribution in [0.4, 0.5) is 0 Å². The Kier molecular flexibility index (Phi) is 6.17. The number of hydrogen-bond donors (Lipinski definition) is 1. The highest BCUT2D eigenvalue weighted by atomic mass is 35.5. The van der Waals surface area contributed by atoms with Gasteiger partial charge < -0.3 is 4.74 Å². The van der Waals surface area contributed by atoms with Crippen LogP contribution in [-0.4, -0.2) is 28.2 Å². The van der Waals surface area contributed by atoms with Gasteiger partial charge in [0, 0.05) is 11.6 Å². The molecule has 0 heterocycles. The Balaban J connectivity index is 2.72. The van der Waals surface area contributed by atoms with Gasteiger partial charge in [-0.2, -0.15) is 5.26 Å². The first-order chi connectivity index (χ1) is 9.36. The van der Waals surface area contributed by atoms with Crippen molar-refractivity contribution in [2.24, 2.45) is 0 Å². The molecule has 108 valence electrons. The maximum Gasteiger partial charge on any atom is 0.242 e. The van der Waals surface area contributed by atoms with Crippen LogP contribution in [0.1, 0.15) is 12.5 Å². The molecule has 0 radical (unpaired) electrons. The van der Waals surface area contributed by atoms with Crippen molar-refractivity contribution in [1.29, 1.82) is 5.26 Å². The molecule has 0 saturated heterocycles. The van der Waals surface area contributed by atoms with Gasteiger partial charge in [-0.3, -0.25) is 0 Å². The molecular weight excluding hydrogens is 300 g/mol. The van der Waals surface area contributed by atoms with Crippen molar-refractivity contribution in [3.8, 4) is 6.07 Å². The lowest BCUT2D eigenvalue weighted by molar-refractivity contribution is 0.162. The summed E-state index contributed by atoms with van der Waals surface area (Å²) in [6, 6.07) is 5.91. The van der Waals surface area contributed by atoms with Crippen molar-refractivity contribution < 1.29 is 13.2 Å². The van der Waals surface area contributed by atoms with E-state index in [2.05, 4.69) is 11.3 Å². The third kappa shape index (κ3) is 4.94. The molecule has 5 nitrogen and oxygen atoms in total. The predicted molar refractivity (Wildman–Crippen MR) is 77.0 cm³/mol. The second-order valence-corrected chi connectivity index (χ2v) is 6.33. The molecule has 20 heavy (non-hydrogen) atoms. The fraction of sp³-hybridized carbons (Fsp3) is 0.308. The van der Waals surface area contributed by atoms with E-state index in [9.17, 15) is 8.42 Å². The van der Waals surface area contributed by atoms with Crippen LogP contribution in [0.2, 0.25) is 5.02 Å². The number of rotatable bonds is 7. The molecule has 0 bridgehead atoms. The third-order valence-corrected chi connectivity index (χ3v) is 3.98. The molecule has 0 aliphatic rings. The van der Waals surface area contributed by atoms with Crippen molar-refractivity contribution in [1.82, 2.24) is 4.72 Å². The number of nitriles is 1. The van der Waals surface area contributed by atoms with Gasteiger partial charge in [0.2, 0.25) is 10.0 Å². The number of nitrogens with zero attached hydrogens (tertiary/aromatic N) is 1. The summed E-state index contributed by atoms with van der Waals surface area (Å²) in [5, 5.41) is 9.18. The Hall–Kier alpha value is -1.39. The van der Waals surface area contributed by atoms with E-state index >= 15 is 0 Å². The van der Waals surface area contributed by atoms with Gasteiger partial charge in [0.05, 0.1) is 18.8 Å². The van der Waals surface area contributed by atoms with Gasteiger partial charge in [0.1, 0.15) is 11.0 Å². The quantitative estimate of drug-likeness (QED) is 0.617. The van der Waals surface area contributed by atoms with E-state index < -0.39 is 10.0 Å². The van der Waals surface area contributed by atoms with Crippen LogP contribution in [0, 0.1) is 11.3 Å². The number of sulfonamides is 1. The zero-order valence-corrected chi connectivity index (χ0v) is 12.6. The predicted octanol–water partition coefficient (Wildman–Crippen LogP) is 2.08. The summed E-state index contributed by atoms with van der Waals surface area (Å²) >= 11 is 5.76. The molecular formula is C13H15ClN2O3S. The number of halogens is 1. The molecule has 0 spiro atoms. The maximum absolute atomic E-state index is 12.1. The SMILES string of the molecule is C=C(C)COCCNS(=O)(=O)c1cc(Cl)ccc1C#N. The zero-order valence-electron chi connectivity index (χ0n) is 11.0. The average Bonchev–Trinajstić information content (AvgIpc) is 2.37. The fourth-order valence-corrected chi connectivity index (χ4v) is 2.81. The summed E-state index contributed by atoms with van der Waals surface area (Å²) in [5.41, 5.74) is 0.902. The molecule has 0 atom stereocenters. The normalized spacial score (nSPS) is 11.1. The average molecular weight is 315 g/mol. The monoisotopic (exact) mass is 314 g/mol. The summed E-state index contributed by atoms with van der Waals surface area (Å²) in [4.78, 5) is -0.132. The lowest BCUT2D eigenvalue weighted by Gasteiger charge is -2.09. The van der Waals surface area contributed by atoms with E-state index in [0.717, 1.165) is 5.57 Å². The zero-order chi connectivity index (χ0) is 15.2. The van der Waals surface area contributed by atoms with Crippen LogP contribution in [-0.2, 0) is 14.8 Å². The highest BCUT2D eigenvalue weighted by molar-refractivity contribution is 7.89. The summed E-state index contributed by atoms with van der Waals surface area (Å²) in [5.74, 6) is 0. The minimum Gasteiger partial charge on any atom is -0.376 e. The molecule has 0 aromatic heterocycles. The van der Waals surface area contributed by atoms with Crippen molar-refractivity contribution in [3.63, 3.8) is 0 Å². The number of nitrogens with one attached hydrogen (secondary N) is 1. The standard InChI is InChI=1S/C13H15ClN2O3S/c1-10(2)9-19-6-5-16-20(17,18)13-7-12(14)4-3-11(13)8-15/h3-4,7,16H,1,5-6,9H2,2H3. The van der Waals surface area contributed by atoms with E-state index in [-0.39, 0.29) is 28.6 Å². The van der Waals surface area contributed by atoms with Crippen LogP contribution in [0.3, 0.4) is 0 Å². The van der Waals surface area contributed by atoms with Crippen LogP contribution in [0.25, 0.3) is 0 Å². The minimum absolute atomic E-state index is 0.0461. The van der Waals surface area contributed by atoms with Gasteiger partial charge in [-0.25, -0.2) is 13.1 Å². The second kappa shape index (κ2) is 7.41. The summed E-state index contributed by atoms with van der Waals surface area (Å²) in [6.45, 7) is 6.18. The van der Waals surface area contributed by atoms with Gasteiger partial charge >= 0.3 is 0 Å². The van der Waals surface area contributed by atoms with E-state index in [1.165, 1.54) is 18.2 Å². The highest BCUT2D eigenvalue weighted by Gasteiger charge is 2.18. The second-order valence-electron chi connectivity index (χ2n) is 4.16. The Labute approximate surface area is 123 Å². The van der Waals surface area contributed by atoms with Crippen LogP contribution >= 0.6 is 11.6 Å². The topological polar surface area (TPSA) is 79.2 Å². The lowest BCUT2D eigenvalue weighted by atomic mass is 10.2. The summed E-state index contributed by atoms with van der Waals surface area (Å²) in [6.07, 6.45) is 0. The molecule has 7 heteroatoms. The van der Waals surface area contributed by atoms with Crippen molar-refractivity contribution >= 4 is 21.6 Å². The van der Waals surface area contributed by atoms with E-state index in [1.807, 2.05) is 13.0 Å². The minimum atomic E-state index is -3.79. The first-order valence-electron chi connectivity index (χ1n) is 5.78. The van der Waals surface area contributed by atoms with Crippen molar-refractivity contribution in [3.05, 3.63) is 40.9 Å². The van der Waals surface area contributed by atoms with Crippen molar-refractivity contribution in [2.75, 3.05) is 19.8 Å². The molecule has 0 aliphatic carbocycles. The highest BCUT2D eigenvalue weighted by Crippen LogP contribution is 2.19. The van der Waals surface area contributed by atoms with E-state index in [0.29, 0.717) is 6.61 Å². The third-order valence-electron chi connectivity index (χ3n) is 2.24. The lowest BCUT2D eigenvalue weighted by Crippen LogP contribution is -2.28. The van der Waals surface area contributed by atoms with Crippen molar-refractivity contribution in [2.45, 2.75) is 11.8 Å². The van der Waals surface area contributed by atoms with Crippen LogP contribution in [0.15, 0.2) is 35.2 Å². The van der Waals surface area contributed by atoms with Gasteiger partial charge in [-0.15, -0.1) is 0 Å². The van der Waals surface area contributed by atoms with Gasteiger partial charge in [-0.1, -0.05) is 23.8 Å².